The lowest BCUT2D eigenvalue weighted by atomic mass is 9.65. The van der Waals surface area contributed by atoms with Gasteiger partial charge in [0.25, 0.3) is 0 Å². The molecule has 101 heavy (non-hydrogen) atoms. The summed E-state index contributed by atoms with van der Waals surface area (Å²) in [4.78, 5) is 61.8. The molecule has 8 aromatic carbocycles. The molecule has 10 nitrogen and oxygen atoms in total. The van der Waals surface area contributed by atoms with E-state index in [2.05, 4.69) is 171 Å². The lowest BCUT2D eigenvalue weighted by molar-refractivity contribution is 0.103. The van der Waals surface area contributed by atoms with Gasteiger partial charge in [-0.1, -0.05) is 225 Å². The van der Waals surface area contributed by atoms with E-state index in [1.54, 1.807) is 66.0 Å². The monoisotopic (exact) mass is 1420 g/mol. The van der Waals surface area contributed by atoms with Gasteiger partial charge in [0.05, 0.1) is 26.0 Å². The Kier molecular flexibility index (Phi) is 13.6. The summed E-state index contributed by atoms with van der Waals surface area (Å²) in [6.07, 6.45) is 3.41. The van der Waals surface area contributed by atoms with Gasteiger partial charge in [-0.25, -0.2) is 19.9 Å². The number of rotatable bonds is 8. The molecule has 0 fully saturated rings. The molecule has 0 bridgehead atoms. The number of nitriles is 2. The molecule has 474 valence electrons. The second kappa shape index (κ2) is 22.6. The van der Waals surface area contributed by atoms with Gasteiger partial charge < -0.3 is 0 Å². The first-order chi connectivity index (χ1) is 49.3. The van der Waals surface area contributed by atoms with Gasteiger partial charge in [0, 0.05) is 58.1 Å². The Morgan fingerprint density at radius 1 is 0.446 bits per heavy atom. The number of thiazole rings is 4. The van der Waals surface area contributed by atoms with E-state index in [1.807, 2.05) is 40.9 Å². The van der Waals surface area contributed by atoms with Crippen molar-refractivity contribution in [3.63, 3.8) is 0 Å². The number of aryl methyl sites for hydroxylation is 4. The summed E-state index contributed by atoms with van der Waals surface area (Å²) in [7, 11) is 0. The van der Waals surface area contributed by atoms with Crippen molar-refractivity contribution in [2.75, 3.05) is 0 Å². The molecule has 7 aromatic heterocycles. The Morgan fingerprint density at radius 2 is 0.881 bits per heavy atom. The van der Waals surface area contributed by atoms with Crippen LogP contribution in [0.25, 0.3) is 113 Å². The SMILES string of the molecule is [C-]#[N+]C([N+]#[C-])=C1/C(=C/c2nc3sc(-c4ccc5c6c(sc5c4)-c4cc5c(cc4C6(c4ccc(C)cc4)c4ccc(C)cc4)-c4sc6cc(-c7nc8sc(/C=C9\C(=O)c%10ccccc%10C9=C(C#N)C#N)nc8s7)sc6c4C5(c4ccc(C)cc4)c4ccc(C)cc4)nc3s2)C(=O)c2ccccc21. The van der Waals surface area contributed by atoms with E-state index in [-0.39, 0.29) is 28.5 Å². The average Bonchev–Trinajstić information content (AvgIpc) is 1.50. The number of thiophene rings is 3. The van der Waals surface area contributed by atoms with E-state index in [0.717, 1.165) is 44.5 Å². The zero-order chi connectivity index (χ0) is 68.5. The number of aromatic nitrogens is 4. The van der Waals surface area contributed by atoms with Crippen LogP contribution < -0.4 is 0 Å². The molecule has 0 N–H and O–H groups in total. The van der Waals surface area contributed by atoms with E-state index < -0.39 is 10.8 Å². The van der Waals surface area contributed by atoms with Crippen molar-refractivity contribution in [2.24, 2.45) is 0 Å². The van der Waals surface area contributed by atoms with Crippen molar-refractivity contribution < 1.29 is 9.59 Å². The maximum absolute atomic E-state index is 13.9. The van der Waals surface area contributed by atoms with Crippen molar-refractivity contribution in [1.82, 2.24) is 19.9 Å². The smallest absolute Gasteiger partial charge is 0.289 e. The van der Waals surface area contributed by atoms with Gasteiger partial charge in [-0.15, -0.1) is 34.0 Å². The van der Waals surface area contributed by atoms with Crippen LogP contribution in [-0.4, -0.2) is 31.5 Å². The summed E-state index contributed by atoms with van der Waals surface area (Å²) in [5.74, 6) is -0.625. The van der Waals surface area contributed by atoms with Crippen molar-refractivity contribution >= 4 is 153 Å². The highest BCUT2D eigenvalue weighted by Gasteiger charge is 2.54. The lowest BCUT2D eigenvalue weighted by Gasteiger charge is -2.36. The van der Waals surface area contributed by atoms with Gasteiger partial charge in [-0.2, -0.15) is 20.2 Å². The molecule has 0 atom stereocenters. The lowest BCUT2D eigenvalue weighted by Crippen LogP contribution is -2.30. The summed E-state index contributed by atoms with van der Waals surface area (Å²) in [5.41, 5.74) is 19.5. The molecule has 7 heterocycles. The Morgan fingerprint density at radius 3 is 1.38 bits per heavy atom. The van der Waals surface area contributed by atoms with Gasteiger partial charge in [0.2, 0.25) is 0 Å². The molecule has 17 heteroatoms. The fourth-order valence-corrected chi connectivity index (χ4v) is 23.6. The minimum Gasteiger partial charge on any atom is -0.289 e. The summed E-state index contributed by atoms with van der Waals surface area (Å²) in [6, 6.07) is 69.2. The number of hydrogen-bond acceptors (Lipinski definition) is 15. The second-order valence-electron chi connectivity index (χ2n) is 25.7. The van der Waals surface area contributed by atoms with Crippen molar-refractivity contribution in [3.05, 3.63) is 326 Å². The fourth-order valence-electron chi connectivity index (χ4n) is 15.5. The van der Waals surface area contributed by atoms with Crippen molar-refractivity contribution in [1.29, 1.82) is 10.5 Å². The van der Waals surface area contributed by atoms with Crippen LogP contribution in [0.4, 0.5) is 0 Å². The summed E-state index contributed by atoms with van der Waals surface area (Å²) >= 11 is 11.3. The van der Waals surface area contributed by atoms with E-state index in [4.69, 9.17) is 33.1 Å². The normalized spacial score (nSPS) is 15.1. The van der Waals surface area contributed by atoms with Crippen LogP contribution in [0.1, 0.15) is 109 Å². The largest absolute Gasteiger partial charge is 0.528 e. The first kappa shape index (κ1) is 60.8. The molecular formula is C84H44N8O2S7. The minimum atomic E-state index is -0.768. The van der Waals surface area contributed by atoms with Crippen molar-refractivity contribution in [2.45, 2.75) is 38.5 Å². The third-order valence-electron chi connectivity index (χ3n) is 20.0. The quantitative estimate of drug-likeness (QED) is 0.0831. The number of hydrogen-bond donors (Lipinski definition) is 0. The first-order valence-corrected chi connectivity index (χ1v) is 37.9. The zero-order valence-corrected chi connectivity index (χ0v) is 59.4. The van der Waals surface area contributed by atoms with E-state index in [9.17, 15) is 20.1 Å². The predicted molar refractivity (Wildman–Crippen MR) is 413 cm³/mol. The van der Waals surface area contributed by atoms with Crippen LogP contribution in [0.15, 0.2) is 205 Å². The van der Waals surface area contributed by atoms with Gasteiger partial charge >= 0.3 is 5.82 Å². The number of allylic oxidation sites excluding steroid dienone is 5. The topological polar surface area (TPSA) is 142 Å². The number of Topliss-reactive ketones (excluding diaryl/α,β-unsaturated/α-hetero) is 2. The van der Waals surface area contributed by atoms with Crippen LogP contribution in [0.5, 0.6) is 0 Å². The maximum atomic E-state index is 13.9. The van der Waals surface area contributed by atoms with Gasteiger partial charge in [0.15, 0.2) is 30.9 Å². The highest BCUT2D eigenvalue weighted by Crippen LogP contribution is 2.68. The molecule has 0 saturated heterocycles. The highest BCUT2D eigenvalue weighted by atomic mass is 32.1. The second-order valence-corrected chi connectivity index (χ2v) is 32.8. The Bertz CT molecular complexity index is 6400. The molecule has 0 radical (unpaired) electrons. The summed E-state index contributed by atoms with van der Waals surface area (Å²) < 4.78 is 3.52. The van der Waals surface area contributed by atoms with Crippen LogP contribution in [0.2, 0.25) is 0 Å². The third kappa shape index (κ3) is 8.77. The Hall–Kier alpha value is -11.3. The number of nitrogens with zero attached hydrogens (tertiary/aromatic N) is 8. The van der Waals surface area contributed by atoms with E-state index >= 15 is 0 Å². The van der Waals surface area contributed by atoms with Gasteiger partial charge in [-0.05, 0) is 131 Å². The molecule has 4 aliphatic rings. The average molecular weight is 1420 g/mol. The Labute approximate surface area is 606 Å². The van der Waals surface area contributed by atoms with Crippen molar-refractivity contribution in [3.8, 4) is 53.5 Å². The van der Waals surface area contributed by atoms with Crippen LogP contribution >= 0.6 is 79.4 Å². The van der Waals surface area contributed by atoms with Crippen LogP contribution in [-0.2, 0) is 10.8 Å². The fraction of sp³-hybridized carbons (Fsp3) is 0.0714. The number of ketones is 2. The predicted octanol–water partition coefficient (Wildman–Crippen LogP) is 22.5. The standard InChI is InChI=1S/C84H44N8O2S7/c1-41-15-24-47(25-16-41)83(48-26-17-42(2)18-27-48)60-35-57-61(34-56(60)73-69(83)55-32-23-45(33-62(55)95-73)77-91-81-79(100-77)89-66(98-81)37-59-68(76(87-5)88-6)52-12-8-10-14-54(52)72(59)94)84(49-28-19-43(3)20-29-49,50-30-21-44(4)22-31-50)70-74(57)96-63-38-64(97-75(63)70)78-92-82-80(101-78)90-65(99-82)36-58-67(46(39-85)40-86)51-11-7-9-13-53(51)71(58)93/h7-38H,1-4H3/b58-36-,59-37-. The molecule has 19 rings (SSSR count). The number of carbonyl (C=O) groups is 2. The minimum absolute atomic E-state index is 0.116. The molecule has 0 unspecified atom stereocenters. The maximum Gasteiger partial charge on any atom is 0.528 e. The first-order valence-electron chi connectivity index (χ1n) is 32.2. The summed E-state index contributed by atoms with van der Waals surface area (Å²) in [6.45, 7) is 24.2. The van der Waals surface area contributed by atoms with Crippen LogP contribution in [0.3, 0.4) is 0 Å². The van der Waals surface area contributed by atoms with E-state index in [0.29, 0.717) is 49.0 Å². The van der Waals surface area contributed by atoms with Crippen LogP contribution in [0, 0.1) is 63.5 Å². The van der Waals surface area contributed by atoms with E-state index in [1.165, 1.54) is 148 Å². The molecule has 0 saturated carbocycles. The molecule has 0 aliphatic heterocycles. The molecule has 4 aliphatic carbocycles. The molecule has 0 spiro atoms. The number of fused-ring (bicyclic) bond motifs is 14. The highest BCUT2D eigenvalue weighted by molar-refractivity contribution is 7.34. The number of benzene rings is 8. The summed E-state index contributed by atoms with van der Waals surface area (Å²) in [5, 5.41) is 24.0. The number of carbonyl (C=O) groups excluding carboxylic acids is 2. The molecular weight excluding hydrogens is 1380 g/mol. The third-order valence-corrected chi connectivity index (χ3v) is 27.8. The van der Waals surface area contributed by atoms with Gasteiger partial charge in [0.1, 0.15) is 50.9 Å². The molecule has 15 aromatic rings. The zero-order valence-electron chi connectivity index (χ0n) is 53.7. The Balaban J connectivity index is 0.783. The van der Waals surface area contributed by atoms with Gasteiger partial charge in [-0.3, -0.25) is 9.59 Å². The molecule has 0 amide bonds.